The number of aromatic nitrogens is 1. The van der Waals surface area contributed by atoms with Crippen molar-refractivity contribution in [2.24, 2.45) is 0 Å². The van der Waals surface area contributed by atoms with Gasteiger partial charge in [-0.25, -0.2) is 0 Å². The van der Waals surface area contributed by atoms with E-state index in [-0.39, 0.29) is 0 Å². The number of furan rings is 1. The molecule has 9 aromatic carbocycles. The van der Waals surface area contributed by atoms with Crippen LogP contribution in [0.4, 0.5) is 17.1 Å². The van der Waals surface area contributed by atoms with Crippen molar-refractivity contribution >= 4 is 82.4 Å². The topological polar surface area (TPSA) is 21.3 Å². The molecular weight excluding hydrogens is 645 g/mol. The second kappa shape index (κ2) is 11.7. The lowest BCUT2D eigenvalue weighted by molar-refractivity contribution is 0.669. The summed E-state index contributed by atoms with van der Waals surface area (Å²) < 4.78 is 8.92. The molecule has 11 aromatic rings. The summed E-state index contributed by atoms with van der Waals surface area (Å²) in [4.78, 5) is 2.34. The average molecular weight is 677 g/mol. The van der Waals surface area contributed by atoms with Gasteiger partial charge in [0, 0.05) is 55.4 Å². The summed E-state index contributed by atoms with van der Waals surface area (Å²) in [6, 6.07) is 69.8. The monoisotopic (exact) mass is 676 g/mol. The normalized spacial score (nSPS) is 11.8. The lowest BCUT2D eigenvalue weighted by Gasteiger charge is -2.25. The minimum absolute atomic E-state index is 0.870. The van der Waals surface area contributed by atoms with E-state index < -0.39 is 0 Å². The molecule has 2 heterocycles. The molecule has 0 aliphatic rings. The highest BCUT2D eigenvalue weighted by Crippen LogP contribution is 2.46. The summed E-state index contributed by atoms with van der Waals surface area (Å²) in [5.74, 6) is 0. The van der Waals surface area contributed by atoms with Gasteiger partial charge in [-0.15, -0.1) is 0 Å². The van der Waals surface area contributed by atoms with E-state index >= 15 is 0 Å². The van der Waals surface area contributed by atoms with Crippen LogP contribution < -0.4 is 4.90 Å². The van der Waals surface area contributed by atoms with Crippen molar-refractivity contribution in [3.63, 3.8) is 0 Å². The Bertz CT molecular complexity index is 3170. The Morgan fingerprint density at radius 1 is 0.396 bits per heavy atom. The van der Waals surface area contributed by atoms with Gasteiger partial charge in [-0.1, -0.05) is 133 Å². The summed E-state index contributed by atoms with van der Waals surface area (Å²) in [5.41, 5.74) is 10.9. The van der Waals surface area contributed by atoms with Crippen molar-refractivity contribution in [2.75, 3.05) is 4.90 Å². The molecule has 0 aliphatic heterocycles. The summed E-state index contributed by atoms with van der Waals surface area (Å²) in [6.45, 7) is 0. The Hall–Kier alpha value is -7.10. The zero-order valence-electron chi connectivity index (χ0n) is 28.8. The Labute approximate surface area is 306 Å². The van der Waals surface area contributed by atoms with Crippen molar-refractivity contribution in [3.05, 3.63) is 194 Å². The van der Waals surface area contributed by atoms with Gasteiger partial charge in [-0.05, 0) is 76.5 Å². The highest BCUT2D eigenvalue weighted by atomic mass is 16.3. The van der Waals surface area contributed by atoms with Crippen molar-refractivity contribution in [1.82, 2.24) is 4.57 Å². The van der Waals surface area contributed by atoms with E-state index in [1.165, 1.54) is 49.0 Å². The van der Waals surface area contributed by atoms with E-state index in [1.54, 1.807) is 0 Å². The van der Waals surface area contributed by atoms with Crippen LogP contribution in [0, 0.1) is 0 Å². The van der Waals surface area contributed by atoms with Crippen molar-refractivity contribution in [3.8, 4) is 16.8 Å². The van der Waals surface area contributed by atoms with Crippen LogP contribution in [0.25, 0.3) is 82.1 Å². The molecule has 53 heavy (non-hydrogen) atoms. The third-order valence-electron chi connectivity index (χ3n) is 10.7. The number of anilines is 3. The number of benzene rings is 9. The molecule has 3 heteroatoms. The SMILES string of the molecule is c1ccc(-c2cc3ccccc3c3c2c2ccc(N(c4ccccc4)c4ccc5c(c4)oc4ccccc45)cc2n3-c2cccc3ccccc23)cc1. The molecule has 0 fully saturated rings. The molecule has 0 N–H and O–H groups in total. The average Bonchev–Trinajstić information content (AvgIpc) is 3.77. The number of hydrogen-bond donors (Lipinski definition) is 0. The van der Waals surface area contributed by atoms with Gasteiger partial charge in [-0.3, -0.25) is 0 Å². The van der Waals surface area contributed by atoms with Gasteiger partial charge in [0.1, 0.15) is 11.2 Å². The molecule has 0 amide bonds. The van der Waals surface area contributed by atoms with E-state index in [2.05, 4.69) is 191 Å². The van der Waals surface area contributed by atoms with Crippen LogP contribution in [0.5, 0.6) is 0 Å². The minimum atomic E-state index is 0.870. The minimum Gasteiger partial charge on any atom is -0.456 e. The molecule has 0 spiro atoms. The van der Waals surface area contributed by atoms with Crippen molar-refractivity contribution in [1.29, 1.82) is 0 Å². The Kier molecular flexibility index (Phi) is 6.55. The van der Waals surface area contributed by atoms with E-state index in [0.29, 0.717) is 0 Å². The second-order valence-electron chi connectivity index (χ2n) is 13.7. The lowest BCUT2D eigenvalue weighted by Crippen LogP contribution is -2.10. The first-order valence-electron chi connectivity index (χ1n) is 18.1. The van der Waals surface area contributed by atoms with Crippen LogP contribution >= 0.6 is 0 Å². The van der Waals surface area contributed by atoms with Gasteiger partial charge in [0.05, 0.1) is 16.7 Å². The molecule has 248 valence electrons. The lowest BCUT2D eigenvalue weighted by atomic mass is 9.95. The number of hydrogen-bond acceptors (Lipinski definition) is 2. The van der Waals surface area contributed by atoms with Crippen LogP contribution in [0.2, 0.25) is 0 Å². The quantitative estimate of drug-likeness (QED) is 0.181. The molecule has 0 radical (unpaired) electrons. The Morgan fingerprint density at radius 3 is 1.85 bits per heavy atom. The Balaban J connectivity index is 1.26. The summed E-state index contributed by atoms with van der Waals surface area (Å²) in [5, 5.41) is 9.57. The van der Waals surface area contributed by atoms with E-state index in [4.69, 9.17) is 4.42 Å². The van der Waals surface area contributed by atoms with Crippen molar-refractivity contribution < 1.29 is 4.42 Å². The smallest absolute Gasteiger partial charge is 0.137 e. The van der Waals surface area contributed by atoms with Gasteiger partial charge in [0.25, 0.3) is 0 Å². The third kappa shape index (κ3) is 4.61. The van der Waals surface area contributed by atoms with Crippen molar-refractivity contribution in [2.45, 2.75) is 0 Å². The number of para-hydroxylation sites is 2. The third-order valence-corrected chi connectivity index (χ3v) is 10.7. The number of rotatable bonds is 5. The number of nitrogens with zero attached hydrogens (tertiary/aromatic N) is 2. The number of fused-ring (bicyclic) bond motifs is 9. The zero-order valence-corrected chi connectivity index (χ0v) is 28.8. The van der Waals surface area contributed by atoms with Gasteiger partial charge >= 0.3 is 0 Å². The second-order valence-corrected chi connectivity index (χ2v) is 13.7. The van der Waals surface area contributed by atoms with Gasteiger partial charge in [-0.2, -0.15) is 0 Å². The van der Waals surface area contributed by atoms with Gasteiger partial charge in [0.15, 0.2) is 0 Å². The van der Waals surface area contributed by atoms with Gasteiger partial charge < -0.3 is 13.9 Å². The highest BCUT2D eigenvalue weighted by Gasteiger charge is 2.23. The molecule has 0 saturated heterocycles. The predicted molar refractivity (Wildman–Crippen MR) is 223 cm³/mol. The standard InChI is InChI=1S/C50H32N2O/c1-3-14-34(15-4-1)44-30-35-17-8-10-22-40(35)50-49(44)43-29-27-37(31-46(43)52(50)45-24-13-18-33-16-7-9-21-39(33)45)51(36-19-5-2-6-20-36)38-26-28-42-41-23-11-12-25-47(41)53-48(42)32-38/h1-32H. The molecular formula is C50H32N2O. The molecule has 0 atom stereocenters. The predicted octanol–water partition coefficient (Wildman–Crippen LogP) is 14.1. The maximum absolute atomic E-state index is 6.41. The molecule has 0 unspecified atom stereocenters. The summed E-state index contributed by atoms with van der Waals surface area (Å²) >= 11 is 0. The van der Waals surface area contributed by atoms with E-state index in [1.807, 2.05) is 12.1 Å². The molecule has 0 bridgehead atoms. The zero-order chi connectivity index (χ0) is 34.9. The molecule has 0 aliphatic carbocycles. The highest BCUT2D eigenvalue weighted by molar-refractivity contribution is 6.25. The molecule has 0 saturated carbocycles. The fourth-order valence-electron chi connectivity index (χ4n) is 8.39. The first-order chi connectivity index (χ1) is 26.3. The molecule has 2 aromatic heterocycles. The molecule has 11 rings (SSSR count). The first-order valence-corrected chi connectivity index (χ1v) is 18.1. The largest absolute Gasteiger partial charge is 0.456 e. The van der Waals surface area contributed by atoms with Crippen LogP contribution in [0.15, 0.2) is 199 Å². The van der Waals surface area contributed by atoms with Crippen LogP contribution in [-0.4, -0.2) is 4.57 Å². The maximum Gasteiger partial charge on any atom is 0.137 e. The summed E-state index contributed by atoms with van der Waals surface area (Å²) in [6.07, 6.45) is 0. The Morgan fingerprint density at radius 2 is 1.02 bits per heavy atom. The first kappa shape index (κ1) is 29.6. The fraction of sp³-hybridized carbons (Fsp3) is 0. The van der Waals surface area contributed by atoms with Crippen LogP contribution in [0.1, 0.15) is 0 Å². The van der Waals surface area contributed by atoms with Crippen LogP contribution in [0.3, 0.4) is 0 Å². The van der Waals surface area contributed by atoms with Gasteiger partial charge in [0.2, 0.25) is 0 Å². The summed E-state index contributed by atoms with van der Waals surface area (Å²) in [7, 11) is 0. The van der Waals surface area contributed by atoms with Crippen LogP contribution in [-0.2, 0) is 0 Å². The molecule has 3 nitrogen and oxygen atoms in total. The van der Waals surface area contributed by atoms with E-state index in [0.717, 1.165) is 50.2 Å². The fourth-order valence-corrected chi connectivity index (χ4v) is 8.39. The maximum atomic E-state index is 6.41. The van der Waals surface area contributed by atoms with E-state index in [9.17, 15) is 0 Å².